The molecule has 0 fully saturated rings. The number of halogens is 1. The van der Waals surface area contributed by atoms with Crippen molar-refractivity contribution < 1.29 is 13.9 Å². The molecule has 33 heavy (non-hydrogen) atoms. The van der Waals surface area contributed by atoms with Gasteiger partial charge in [-0.2, -0.15) is 0 Å². The Hall–Kier alpha value is -4.22. The molecule has 4 aromatic carbocycles. The molecule has 1 heterocycles. The standard InChI is InChI=1S/C27H17ClN2O3/c28-21-10-8-20(9-11-21)27(31)32-23-13-6-18(7-14-23)17-29-22-12-15-25-24(16-22)30-26(33-25)19-4-2-1-3-5-19/h1-17H. The molecule has 0 N–H and O–H groups in total. The summed E-state index contributed by atoms with van der Waals surface area (Å²) in [4.78, 5) is 21.3. The fraction of sp³-hybridized carbons (Fsp3) is 0. The molecular weight excluding hydrogens is 436 g/mol. The van der Waals surface area contributed by atoms with E-state index in [4.69, 9.17) is 20.8 Å². The Bertz CT molecular complexity index is 1440. The number of aromatic nitrogens is 1. The molecule has 0 aliphatic heterocycles. The predicted molar refractivity (Wildman–Crippen MR) is 130 cm³/mol. The van der Waals surface area contributed by atoms with Crippen LogP contribution in [0.3, 0.4) is 0 Å². The molecule has 0 spiro atoms. The first-order valence-electron chi connectivity index (χ1n) is 10.2. The lowest BCUT2D eigenvalue weighted by molar-refractivity contribution is 0.0735. The molecule has 0 bridgehead atoms. The Morgan fingerprint density at radius 2 is 1.67 bits per heavy atom. The van der Waals surface area contributed by atoms with E-state index < -0.39 is 5.97 Å². The number of carbonyl (C=O) groups excluding carboxylic acids is 1. The van der Waals surface area contributed by atoms with Gasteiger partial charge in [-0.05, 0) is 84.4 Å². The fourth-order valence-electron chi connectivity index (χ4n) is 3.22. The van der Waals surface area contributed by atoms with Crippen molar-refractivity contribution in [3.05, 3.63) is 113 Å². The number of carbonyl (C=O) groups is 1. The third-order valence-corrected chi connectivity index (χ3v) is 5.18. The van der Waals surface area contributed by atoms with Gasteiger partial charge in [0, 0.05) is 16.8 Å². The summed E-state index contributed by atoms with van der Waals surface area (Å²) in [6.07, 6.45) is 1.74. The highest BCUT2D eigenvalue weighted by molar-refractivity contribution is 6.30. The first-order chi connectivity index (χ1) is 16.1. The molecule has 5 rings (SSSR count). The predicted octanol–water partition coefficient (Wildman–Crippen LogP) is 7.12. The molecule has 6 heteroatoms. The van der Waals surface area contributed by atoms with Crippen molar-refractivity contribution in [3.8, 4) is 17.2 Å². The quantitative estimate of drug-likeness (QED) is 0.162. The average Bonchev–Trinajstić information content (AvgIpc) is 3.28. The van der Waals surface area contributed by atoms with E-state index in [1.54, 1.807) is 42.6 Å². The molecule has 5 nitrogen and oxygen atoms in total. The van der Waals surface area contributed by atoms with Gasteiger partial charge < -0.3 is 9.15 Å². The van der Waals surface area contributed by atoms with E-state index in [1.807, 2.05) is 60.7 Å². The number of hydrogen-bond acceptors (Lipinski definition) is 5. The molecule has 0 atom stereocenters. The topological polar surface area (TPSA) is 64.7 Å². The Labute approximate surface area is 195 Å². The minimum Gasteiger partial charge on any atom is -0.436 e. The molecule has 0 saturated carbocycles. The van der Waals surface area contributed by atoms with E-state index in [1.165, 1.54) is 0 Å². The second kappa shape index (κ2) is 9.10. The zero-order valence-corrected chi connectivity index (χ0v) is 18.1. The van der Waals surface area contributed by atoms with Gasteiger partial charge in [0.05, 0.1) is 11.3 Å². The van der Waals surface area contributed by atoms with Gasteiger partial charge in [0.2, 0.25) is 5.89 Å². The van der Waals surface area contributed by atoms with Crippen LogP contribution in [0.15, 0.2) is 106 Å². The molecule has 0 radical (unpaired) electrons. The number of aliphatic imine (C=N–C) groups is 1. The molecular formula is C27H17ClN2O3. The Morgan fingerprint density at radius 1 is 0.909 bits per heavy atom. The van der Waals surface area contributed by atoms with Crippen LogP contribution in [-0.4, -0.2) is 17.2 Å². The number of nitrogens with zero attached hydrogens (tertiary/aromatic N) is 2. The third kappa shape index (κ3) is 4.84. The molecule has 1 aromatic heterocycles. The van der Waals surface area contributed by atoms with Crippen LogP contribution in [0.25, 0.3) is 22.6 Å². The number of esters is 1. The molecule has 5 aromatic rings. The van der Waals surface area contributed by atoms with Crippen LogP contribution >= 0.6 is 11.6 Å². The first-order valence-corrected chi connectivity index (χ1v) is 10.6. The van der Waals surface area contributed by atoms with Crippen LogP contribution < -0.4 is 4.74 Å². The second-order valence-corrected chi connectivity index (χ2v) is 7.70. The maximum atomic E-state index is 12.2. The highest BCUT2D eigenvalue weighted by atomic mass is 35.5. The Balaban J connectivity index is 1.28. The van der Waals surface area contributed by atoms with Gasteiger partial charge in [0.25, 0.3) is 0 Å². The lowest BCUT2D eigenvalue weighted by Gasteiger charge is -2.04. The van der Waals surface area contributed by atoms with Crippen molar-refractivity contribution in [1.29, 1.82) is 0 Å². The van der Waals surface area contributed by atoms with Gasteiger partial charge >= 0.3 is 5.97 Å². The van der Waals surface area contributed by atoms with Crippen molar-refractivity contribution in [2.45, 2.75) is 0 Å². The average molecular weight is 453 g/mol. The summed E-state index contributed by atoms with van der Waals surface area (Å²) in [7, 11) is 0. The van der Waals surface area contributed by atoms with Crippen LogP contribution in [-0.2, 0) is 0 Å². The van der Waals surface area contributed by atoms with Gasteiger partial charge in [-0.1, -0.05) is 29.8 Å². The highest BCUT2D eigenvalue weighted by Crippen LogP contribution is 2.27. The number of ether oxygens (including phenoxy) is 1. The van der Waals surface area contributed by atoms with Gasteiger partial charge in [-0.15, -0.1) is 0 Å². The highest BCUT2D eigenvalue weighted by Gasteiger charge is 2.09. The summed E-state index contributed by atoms with van der Waals surface area (Å²) in [6.45, 7) is 0. The lowest BCUT2D eigenvalue weighted by atomic mass is 10.2. The van der Waals surface area contributed by atoms with E-state index in [0.717, 1.165) is 22.3 Å². The van der Waals surface area contributed by atoms with Crippen LogP contribution in [0.5, 0.6) is 5.75 Å². The summed E-state index contributed by atoms with van der Waals surface area (Å²) >= 11 is 5.85. The molecule has 0 saturated heterocycles. The summed E-state index contributed by atoms with van der Waals surface area (Å²) in [5.74, 6) is 0.587. The molecule has 160 valence electrons. The summed E-state index contributed by atoms with van der Waals surface area (Å²) in [6, 6.07) is 29.0. The van der Waals surface area contributed by atoms with Crippen molar-refractivity contribution in [1.82, 2.24) is 4.98 Å². The number of oxazole rings is 1. The van der Waals surface area contributed by atoms with Gasteiger partial charge in [-0.3, -0.25) is 4.99 Å². The number of hydrogen-bond donors (Lipinski definition) is 0. The molecule has 0 aliphatic rings. The minimum atomic E-state index is -0.441. The van der Waals surface area contributed by atoms with Gasteiger partial charge in [-0.25, -0.2) is 9.78 Å². The number of rotatable bonds is 5. The zero-order valence-electron chi connectivity index (χ0n) is 17.3. The van der Waals surface area contributed by atoms with Gasteiger partial charge in [0.15, 0.2) is 5.58 Å². The van der Waals surface area contributed by atoms with Crippen molar-refractivity contribution >= 4 is 40.6 Å². The summed E-state index contributed by atoms with van der Waals surface area (Å²) < 4.78 is 11.2. The Morgan fingerprint density at radius 3 is 2.42 bits per heavy atom. The smallest absolute Gasteiger partial charge is 0.343 e. The summed E-state index contributed by atoms with van der Waals surface area (Å²) in [5.41, 5.74) is 4.44. The normalized spacial score (nSPS) is 11.2. The van der Waals surface area contributed by atoms with Crippen molar-refractivity contribution in [2.75, 3.05) is 0 Å². The van der Waals surface area contributed by atoms with E-state index in [-0.39, 0.29) is 0 Å². The Kier molecular flexibility index (Phi) is 5.70. The lowest BCUT2D eigenvalue weighted by Crippen LogP contribution is -2.08. The van der Waals surface area contributed by atoms with Crippen LogP contribution in [0.4, 0.5) is 5.69 Å². The minimum absolute atomic E-state index is 0.434. The largest absolute Gasteiger partial charge is 0.436 e. The van der Waals surface area contributed by atoms with E-state index >= 15 is 0 Å². The maximum absolute atomic E-state index is 12.2. The SMILES string of the molecule is O=C(Oc1ccc(C=Nc2ccc3oc(-c4ccccc4)nc3c2)cc1)c1ccc(Cl)cc1. The first kappa shape index (κ1) is 20.7. The van der Waals surface area contributed by atoms with Crippen LogP contribution in [0, 0.1) is 0 Å². The van der Waals surface area contributed by atoms with Crippen molar-refractivity contribution in [2.24, 2.45) is 4.99 Å². The molecule has 0 unspecified atom stereocenters. The maximum Gasteiger partial charge on any atom is 0.343 e. The van der Waals surface area contributed by atoms with Gasteiger partial charge in [0.1, 0.15) is 11.3 Å². The third-order valence-electron chi connectivity index (χ3n) is 4.93. The fourth-order valence-corrected chi connectivity index (χ4v) is 3.35. The zero-order chi connectivity index (χ0) is 22.6. The van der Waals surface area contributed by atoms with Crippen LogP contribution in [0.1, 0.15) is 15.9 Å². The molecule has 0 aliphatic carbocycles. The van der Waals surface area contributed by atoms with E-state index in [0.29, 0.717) is 27.8 Å². The monoisotopic (exact) mass is 452 g/mol. The van der Waals surface area contributed by atoms with E-state index in [2.05, 4.69) is 9.98 Å². The van der Waals surface area contributed by atoms with Crippen LogP contribution in [0.2, 0.25) is 5.02 Å². The summed E-state index contributed by atoms with van der Waals surface area (Å²) in [5, 5.41) is 0.564. The van der Waals surface area contributed by atoms with E-state index in [9.17, 15) is 4.79 Å². The van der Waals surface area contributed by atoms with Crippen molar-refractivity contribution in [3.63, 3.8) is 0 Å². The number of fused-ring (bicyclic) bond motifs is 1. The number of benzene rings is 4. The second-order valence-electron chi connectivity index (χ2n) is 7.26. The molecule has 0 amide bonds.